The Kier molecular flexibility index (Phi) is 5.50. The number of carbonyl (C=O) groups excluding carboxylic acids is 1. The lowest BCUT2D eigenvalue weighted by Gasteiger charge is -2.27. The average Bonchev–Trinajstić information content (AvgIpc) is 2.98. The van der Waals surface area contributed by atoms with Crippen LogP contribution < -0.4 is 0 Å². The second-order valence-electron chi connectivity index (χ2n) is 6.52. The number of aliphatic hydroxyl groups is 1. The predicted molar refractivity (Wildman–Crippen MR) is 79.8 cm³/mol. The van der Waals surface area contributed by atoms with E-state index in [1.54, 1.807) is 0 Å². The molecular weight excluding hydrogens is 276 g/mol. The molecule has 3 atom stereocenters. The third-order valence-corrected chi connectivity index (χ3v) is 4.99. The van der Waals surface area contributed by atoms with Gasteiger partial charge in [0.15, 0.2) is 0 Å². The van der Waals surface area contributed by atoms with E-state index in [1.807, 2.05) is 6.08 Å². The van der Waals surface area contributed by atoms with Crippen LogP contribution in [-0.4, -0.2) is 22.2 Å². The number of hydrogen-bond donors (Lipinski definition) is 1. The average molecular weight is 301 g/mol. The summed E-state index contributed by atoms with van der Waals surface area (Å²) in [5, 5.41) is 10.5. The highest BCUT2D eigenvalue weighted by Crippen LogP contribution is 2.39. The van der Waals surface area contributed by atoms with Crippen LogP contribution in [0, 0.1) is 11.8 Å². The molecule has 0 aromatic heterocycles. The maximum absolute atomic E-state index is 10.8. The first kappa shape index (κ1) is 15.8. The highest BCUT2D eigenvalue weighted by atomic mass is 35.5. The van der Waals surface area contributed by atoms with Crippen molar-refractivity contribution in [1.29, 1.82) is 0 Å². The van der Waals surface area contributed by atoms with Crippen LogP contribution in [0.2, 0.25) is 0 Å². The fourth-order valence-corrected chi connectivity index (χ4v) is 4.02. The molecule has 0 bridgehead atoms. The minimum atomic E-state index is -0.698. The van der Waals surface area contributed by atoms with Crippen molar-refractivity contribution in [1.82, 2.24) is 0 Å². The minimum absolute atomic E-state index is 0.0231. The Bertz CT molecular complexity index is 350. The molecule has 3 unspecified atom stereocenters. The first-order valence-corrected chi connectivity index (χ1v) is 8.09. The fourth-order valence-electron chi connectivity index (χ4n) is 3.90. The Morgan fingerprint density at radius 3 is 2.75 bits per heavy atom. The van der Waals surface area contributed by atoms with E-state index < -0.39 is 11.0 Å². The third kappa shape index (κ3) is 4.49. The molecule has 2 fully saturated rings. The summed E-state index contributed by atoms with van der Waals surface area (Å²) >= 11 is 5.26. The van der Waals surface area contributed by atoms with E-state index in [4.69, 9.17) is 16.3 Å². The second-order valence-corrected chi connectivity index (χ2v) is 6.83. The van der Waals surface area contributed by atoms with Gasteiger partial charge in [0.2, 0.25) is 0 Å². The van der Waals surface area contributed by atoms with Gasteiger partial charge in [-0.1, -0.05) is 18.9 Å². The Hall–Kier alpha value is -0.540. The SMILES string of the molecule is C=CC(CC1CCC(OC(=O)Cl)C1)CC1(O)CCCC1. The van der Waals surface area contributed by atoms with Gasteiger partial charge in [0.25, 0.3) is 0 Å². The van der Waals surface area contributed by atoms with Crippen LogP contribution in [0.15, 0.2) is 12.7 Å². The largest absolute Gasteiger partial charge is 0.450 e. The number of halogens is 1. The first-order valence-electron chi connectivity index (χ1n) is 7.72. The lowest BCUT2D eigenvalue weighted by molar-refractivity contribution is 0.0250. The summed E-state index contributed by atoms with van der Waals surface area (Å²) < 4.78 is 5.06. The number of allylic oxidation sites excluding steroid dienone is 1. The van der Waals surface area contributed by atoms with Gasteiger partial charge in [-0.25, -0.2) is 4.79 Å². The molecule has 0 aliphatic heterocycles. The minimum Gasteiger partial charge on any atom is -0.450 e. The van der Waals surface area contributed by atoms with E-state index in [1.165, 1.54) is 0 Å². The molecule has 0 heterocycles. The molecule has 0 aromatic rings. The summed E-state index contributed by atoms with van der Waals surface area (Å²) in [7, 11) is 0. The zero-order chi connectivity index (χ0) is 14.6. The van der Waals surface area contributed by atoms with Gasteiger partial charge in [-0.3, -0.25) is 0 Å². The Balaban J connectivity index is 1.79. The molecular formula is C16H25ClO3. The van der Waals surface area contributed by atoms with Crippen molar-refractivity contribution in [3.05, 3.63) is 12.7 Å². The number of rotatable bonds is 6. The van der Waals surface area contributed by atoms with Crippen molar-refractivity contribution in [3.63, 3.8) is 0 Å². The topological polar surface area (TPSA) is 46.5 Å². The molecule has 0 saturated heterocycles. The van der Waals surface area contributed by atoms with Gasteiger partial charge in [-0.2, -0.15) is 0 Å². The number of carbonyl (C=O) groups is 1. The zero-order valence-electron chi connectivity index (χ0n) is 12.0. The second kappa shape index (κ2) is 6.95. The van der Waals surface area contributed by atoms with E-state index in [-0.39, 0.29) is 6.10 Å². The highest BCUT2D eigenvalue weighted by Gasteiger charge is 2.35. The summed E-state index contributed by atoms with van der Waals surface area (Å²) in [6, 6.07) is 0. The molecule has 114 valence electrons. The van der Waals surface area contributed by atoms with E-state index in [0.717, 1.165) is 57.8 Å². The van der Waals surface area contributed by atoms with Gasteiger partial charge < -0.3 is 9.84 Å². The molecule has 0 radical (unpaired) electrons. The molecule has 1 N–H and O–H groups in total. The van der Waals surface area contributed by atoms with Crippen molar-refractivity contribution in [2.24, 2.45) is 11.8 Å². The molecule has 4 heteroatoms. The summed E-state index contributed by atoms with van der Waals surface area (Å²) in [4.78, 5) is 10.8. The van der Waals surface area contributed by atoms with Crippen LogP contribution in [0.5, 0.6) is 0 Å². The van der Waals surface area contributed by atoms with Crippen LogP contribution in [0.25, 0.3) is 0 Å². The smallest absolute Gasteiger partial charge is 0.404 e. The standard InChI is InChI=1S/C16H25ClO3/c1-2-12(11-16(19)7-3-4-8-16)9-13-5-6-14(10-13)20-15(17)18/h2,12-14,19H,1,3-11H2. The van der Waals surface area contributed by atoms with Crippen LogP contribution >= 0.6 is 11.6 Å². The zero-order valence-corrected chi connectivity index (χ0v) is 12.8. The predicted octanol–water partition coefficient (Wildman–Crippen LogP) is 4.42. The highest BCUT2D eigenvalue weighted by molar-refractivity contribution is 6.61. The molecule has 2 saturated carbocycles. The summed E-state index contributed by atoms with van der Waals surface area (Å²) in [5.41, 5.74) is -1.17. The summed E-state index contributed by atoms with van der Waals surface area (Å²) in [6.45, 7) is 3.93. The van der Waals surface area contributed by atoms with Gasteiger partial charge in [0.1, 0.15) is 6.10 Å². The number of ether oxygens (including phenoxy) is 1. The molecule has 2 aliphatic carbocycles. The van der Waals surface area contributed by atoms with Crippen molar-refractivity contribution >= 4 is 17.0 Å². The molecule has 0 amide bonds. The van der Waals surface area contributed by atoms with Gasteiger partial charge in [-0.15, -0.1) is 6.58 Å². The lowest BCUT2D eigenvalue weighted by Crippen LogP contribution is -2.27. The van der Waals surface area contributed by atoms with Gasteiger partial charge >= 0.3 is 5.43 Å². The van der Waals surface area contributed by atoms with Crippen molar-refractivity contribution in [2.45, 2.75) is 69.5 Å². The van der Waals surface area contributed by atoms with E-state index in [2.05, 4.69) is 6.58 Å². The van der Waals surface area contributed by atoms with Crippen LogP contribution in [0.4, 0.5) is 4.79 Å². The fraction of sp³-hybridized carbons (Fsp3) is 0.812. The third-order valence-electron chi connectivity index (χ3n) is 4.90. The summed E-state index contributed by atoms with van der Waals surface area (Å²) in [5.74, 6) is 0.901. The molecule has 20 heavy (non-hydrogen) atoms. The Morgan fingerprint density at radius 2 is 2.15 bits per heavy atom. The number of hydrogen-bond acceptors (Lipinski definition) is 3. The van der Waals surface area contributed by atoms with Gasteiger partial charge in [-0.05, 0) is 56.8 Å². The molecule has 2 aliphatic rings. The van der Waals surface area contributed by atoms with Crippen LogP contribution in [-0.2, 0) is 4.74 Å². The lowest BCUT2D eigenvalue weighted by atomic mass is 9.83. The summed E-state index contributed by atoms with van der Waals surface area (Å²) in [6.07, 6.45) is 10.8. The normalized spacial score (nSPS) is 30.1. The maximum atomic E-state index is 10.8. The Labute approximate surface area is 126 Å². The van der Waals surface area contributed by atoms with E-state index >= 15 is 0 Å². The monoisotopic (exact) mass is 300 g/mol. The van der Waals surface area contributed by atoms with E-state index in [0.29, 0.717) is 11.8 Å². The van der Waals surface area contributed by atoms with Gasteiger partial charge in [0.05, 0.1) is 5.60 Å². The van der Waals surface area contributed by atoms with Crippen LogP contribution in [0.1, 0.15) is 57.8 Å². The van der Waals surface area contributed by atoms with Crippen molar-refractivity contribution < 1.29 is 14.6 Å². The molecule has 0 aromatic carbocycles. The Morgan fingerprint density at radius 1 is 1.45 bits per heavy atom. The van der Waals surface area contributed by atoms with Crippen LogP contribution in [0.3, 0.4) is 0 Å². The maximum Gasteiger partial charge on any atom is 0.404 e. The molecule has 0 spiro atoms. The quantitative estimate of drug-likeness (QED) is 0.583. The molecule has 3 nitrogen and oxygen atoms in total. The van der Waals surface area contributed by atoms with E-state index in [9.17, 15) is 9.90 Å². The first-order chi connectivity index (χ1) is 9.50. The van der Waals surface area contributed by atoms with Crippen molar-refractivity contribution in [2.75, 3.05) is 0 Å². The van der Waals surface area contributed by atoms with Gasteiger partial charge in [0, 0.05) is 11.6 Å². The van der Waals surface area contributed by atoms with Crippen molar-refractivity contribution in [3.8, 4) is 0 Å². The molecule has 2 rings (SSSR count).